The molecule has 0 amide bonds. The molecule has 0 aliphatic heterocycles. The Morgan fingerprint density at radius 2 is 1.88 bits per heavy atom. The minimum atomic E-state index is 0. The number of thiophene rings is 1. The third-order valence-corrected chi connectivity index (χ3v) is 4.43. The van der Waals surface area contributed by atoms with Gasteiger partial charge in [-0.2, -0.15) is 16.4 Å². The zero-order valence-electron chi connectivity index (χ0n) is 13.6. The largest absolute Gasteiger partial charge is 0.352 e. The Kier molecular flexibility index (Phi) is 7.73. The molecule has 2 aromatic heterocycles. The van der Waals surface area contributed by atoms with Crippen molar-refractivity contribution in [2.75, 3.05) is 7.05 Å². The quantitative estimate of drug-likeness (QED) is 0.324. The number of benzene rings is 1. The molecule has 0 saturated carbocycles. The highest BCUT2D eigenvalue weighted by atomic mass is 127. The van der Waals surface area contributed by atoms with Crippen LogP contribution in [0.2, 0.25) is 5.02 Å². The van der Waals surface area contributed by atoms with Crippen LogP contribution >= 0.6 is 46.9 Å². The second-order valence-electron chi connectivity index (χ2n) is 5.18. The third-order valence-electron chi connectivity index (χ3n) is 3.45. The minimum absolute atomic E-state index is 0. The summed E-state index contributed by atoms with van der Waals surface area (Å²) in [5.74, 6) is 0.764. The lowest BCUT2D eigenvalue weighted by Gasteiger charge is -2.10. The first-order valence-electron chi connectivity index (χ1n) is 7.49. The van der Waals surface area contributed by atoms with Crippen molar-refractivity contribution in [1.29, 1.82) is 0 Å². The molecular weight excluding hydrogens is 469 g/mol. The molecule has 0 aliphatic carbocycles. The number of guanidine groups is 1. The van der Waals surface area contributed by atoms with Gasteiger partial charge in [-0.3, -0.25) is 4.99 Å². The van der Waals surface area contributed by atoms with Gasteiger partial charge in [0, 0.05) is 36.9 Å². The first-order chi connectivity index (χ1) is 11.7. The lowest BCUT2D eigenvalue weighted by molar-refractivity contribution is 0.810. The second kappa shape index (κ2) is 9.79. The second-order valence-corrected chi connectivity index (χ2v) is 6.40. The van der Waals surface area contributed by atoms with Crippen LogP contribution in [0.3, 0.4) is 0 Å². The Balaban J connectivity index is 0.00000225. The van der Waals surface area contributed by atoms with Crippen molar-refractivity contribution in [3.63, 3.8) is 0 Å². The molecule has 5 nitrogen and oxygen atoms in total. The average Bonchev–Trinajstić information content (AvgIpc) is 3.27. The molecule has 132 valence electrons. The normalized spacial score (nSPS) is 11.0. The number of rotatable bonds is 5. The molecule has 0 atom stereocenters. The summed E-state index contributed by atoms with van der Waals surface area (Å²) in [5, 5.41) is 15.9. The number of hydrogen-bond donors (Lipinski definition) is 2. The Hall–Kier alpha value is -1.58. The van der Waals surface area contributed by atoms with E-state index in [-0.39, 0.29) is 24.0 Å². The molecule has 0 fully saturated rings. The molecule has 0 radical (unpaired) electrons. The van der Waals surface area contributed by atoms with Crippen LogP contribution in [0.1, 0.15) is 11.1 Å². The molecule has 3 aromatic rings. The highest BCUT2D eigenvalue weighted by molar-refractivity contribution is 14.0. The van der Waals surface area contributed by atoms with E-state index < -0.39 is 0 Å². The Morgan fingerprint density at radius 3 is 2.52 bits per heavy atom. The first kappa shape index (κ1) is 19.7. The summed E-state index contributed by atoms with van der Waals surface area (Å²) in [6, 6.07) is 9.68. The van der Waals surface area contributed by atoms with E-state index in [1.54, 1.807) is 18.4 Å². The van der Waals surface area contributed by atoms with E-state index in [0.29, 0.717) is 11.6 Å². The van der Waals surface area contributed by atoms with Gasteiger partial charge < -0.3 is 10.6 Å². The number of aliphatic imine (C=N–C) groups is 1. The van der Waals surface area contributed by atoms with Crippen molar-refractivity contribution in [1.82, 2.24) is 20.4 Å². The fourth-order valence-corrected chi connectivity index (χ4v) is 2.97. The number of hydrogen-bond acceptors (Lipinski definition) is 3. The van der Waals surface area contributed by atoms with Crippen LogP contribution in [0.15, 0.2) is 58.5 Å². The summed E-state index contributed by atoms with van der Waals surface area (Å²) in [6.07, 6.45) is 3.83. The van der Waals surface area contributed by atoms with E-state index in [1.165, 1.54) is 5.56 Å². The van der Waals surface area contributed by atoms with Crippen LogP contribution in [-0.4, -0.2) is 22.8 Å². The summed E-state index contributed by atoms with van der Waals surface area (Å²) in [5.41, 5.74) is 3.30. The van der Waals surface area contributed by atoms with Crippen LogP contribution < -0.4 is 10.6 Å². The molecule has 0 bridgehead atoms. The fourth-order valence-electron chi connectivity index (χ4n) is 2.17. The first-order valence-corrected chi connectivity index (χ1v) is 8.82. The van der Waals surface area contributed by atoms with Gasteiger partial charge in [-0.25, -0.2) is 4.68 Å². The van der Waals surface area contributed by atoms with Gasteiger partial charge in [0.1, 0.15) is 0 Å². The van der Waals surface area contributed by atoms with Gasteiger partial charge in [0.2, 0.25) is 0 Å². The molecule has 0 unspecified atom stereocenters. The van der Waals surface area contributed by atoms with E-state index in [4.69, 9.17) is 11.6 Å². The van der Waals surface area contributed by atoms with Crippen molar-refractivity contribution < 1.29 is 0 Å². The van der Waals surface area contributed by atoms with Crippen molar-refractivity contribution in [2.45, 2.75) is 13.1 Å². The van der Waals surface area contributed by atoms with E-state index in [9.17, 15) is 0 Å². The van der Waals surface area contributed by atoms with E-state index >= 15 is 0 Å². The Morgan fingerprint density at radius 1 is 1.16 bits per heavy atom. The monoisotopic (exact) mass is 487 g/mol. The van der Waals surface area contributed by atoms with E-state index in [0.717, 1.165) is 23.8 Å². The molecule has 1 aromatic carbocycles. The molecule has 8 heteroatoms. The summed E-state index contributed by atoms with van der Waals surface area (Å²) in [7, 11) is 1.76. The van der Waals surface area contributed by atoms with Crippen molar-refractivity contribution in [2.24, 2.45) is 4.99 Å². The van der Waals surface area contributed by atoms with Gasteiger partial charge in [-0.1, -0.05) is 11.6 Å². The molecule has 0 spiro atoms. The van der Waals surface area contributed by atoms with Crippen LogP contribution in [0.25, 0.3) is 5.69 Å². The summed E-state index contributed by atoms with van der Waals surface area (Å²) >= 11 is 7.60. The Labute approximate surface area is 173 Å². The van der Waals surface area contributed by atoms with Crippen molar-refractivity contribution in [3.05, 3.63) is 69.6 Å². The van der Waals surface area contributed by atoms with E-state index in [1.807, 2.05) is 41.3 Å². The van der Waals surface area contributed by atoms with Crippen LogP contribution in [-0.2, 0) is 13.1 Å². The van der Waals surface area contributed by atoms with Gasteiger partial charge >= 0.3 is 0 Å². The summed E-state index contributed by atoms with van der Waals surface area (Å²) in [6.45, 7) is 1.41. The number of nitrogens with one attached hydrogen (secondary N) is 2. The summed E-state index contributed by atoms with van der Waals surface area (Å²) in [4.78, 5) is 4.23. The molecule has 2 N–H and O–H groups in total. The topological polar surface area (TPSA) is 54.2 Å². The maximum Gasteiger partial charge on any atom is 0.191 e. The molecule has 0 saturated heterocycles. The maximum absolute atomic E-state index is 5.91. The molecule has 0 aliphatic rings. The van der Waals surface area contributed by atoms with Crippen molar-refractivity contribution in [3.8, 4) is 5.69 Å². The van der Waals surface area contributed by atoms with Gasteiger partial charge in [0.15, 0.2) is 5.96 Å². The zero-order chi connectivity index (χ0) is 16.8. The van der Waals surface area contributed by atoms with Gasteiger partial charge in [-0.15, -0.1) is 24.0 Å². The minimum Gasteiger partial charge on any atom is -0.352 e. The molecular formula is C17H19ClIN5S. The molecule has 3 rings (SSSR count). The molecule has 25 heavy (non-hydrogen) atoms. The smallest absolute Gasteiger partial charge is 0.191 e. The van der Waals surface area contributed by atoms with Gasteiger partial charge in [0.25, 0.3) is 0 Å². The number of aromatic nitrogens is 2. The maximum atomic E-state index is 5.91. The predicted octanol–water partition coefficient (Wildman–Crippen LogP) is 4.07. The van der Waals surface area contributed by atoms with Crippen LogP contribution in [0, 0.1) is 0 Å². The van der Waals surface area contributed by atoms with Gasteiger partial charge in [0.05, 0.1) is 11.9 Å². The predicted molar refractivity (Wildman–Crippen MR) is 115 cm³/mol. The number of nitrogens with zero attached hydrogens (tertiary/aromatic N) is 3. The SMILES string of the molecule is CN=C(NCc1ccsc1)NCc1cnn(-c2ccc(Cl)cc2)c1.I. The highest BCUT2D eigenvalue weighted by Gasteiger charge is 2.03. The van der Waals surface area contributed by atoms with Crippen LogP contribution in [0.5, 0.6) is 0 Å². The zero-order valence-corrected chi connectivity index (χ0v) is 17.5. The van der Waals surface area contributed by atoms with Crippen LogP contribution in [0.4, 0.5) is 0 Å². The van der Waals surface area contributed by atoms with E-state index in [2.05, 4.69) is 37.6 Å². The highest BCUT2D eigenvalue weighted by Crippen LogP contribution is 2.13. The molecule has 2 heterocycles. The lowest BCUT2D eigenvalue weighted by atomic mass is 10.3. The fraction of sp³-hybridized carbons (Fsp3) is 0.176. The standard InChI is InChI=1S/C17H18ClN5S.HI/c1-19-17(20-8-13-6-7-24-12-13)21-9-14-10-22-23(11-14)16-4-2-15(18)3-5-16;/h2-7,10-12H,8-9H2,1H3,(H2,19,20,21);1H. The van der Waals surface area contributed by atoms with Crippen molar-refractivity contribution >= 4 is 52.9 Å². The average molecular weight is 488 g/mol. The third kappa shape index (κ3) is 5.72. The summed E-state index contributed by atoms with van der Waals surface area (Å²) < 4.78 is 1.83. The van der Waals surface area contributed by atoms with Gasteiger partial charge in [-0.05, 0) is 46.7 Å². The lowest BCUT2D eigenvalue weighted by Crippen LogP contribution is -2.36. The number of halogens is 2. The Bertz CT molecular complexity index is 799.